The Hall–Kier alpha value is -0.520. The van der Waals surface area contributed by atoms with Gasteiger partial charge in [-0.3, -0.25) is 0 Å². The first-order chi connectivity index (χ1) is 4.23. The van der Waals surface area contributed by atoms with E-state index in [2.05, 4.69) is 26.2 Å². The topological polar surface area (TPSA) is 0 Å². The van der Waals surface area contributed by atoms with Crippen LogP contribution < -0.4 is 0 Å². The van der Waals surface area contributed by atoms with Crippen molar-refractivity contribution in [1.82, 2.24) is 0 Å². The van der Waals surface area contributed by atoms with Gasteiger partial charge >= 0.3 is 0 Å². The van der Waals surface area contributed by atoms with Gasteiger partial charge in [-0.05, 0) is 24.2 Å². The third-order valence-corrected chi connectivity index (χ3v) is 2.59. The van der Waals surface area contributed by atoms with Gasteiger partial charge in [0.25, 0.3) is 0 Å². The van der Waals surface area contributed by atoms with Crippen molar-refractivity contribution in [3.63, 3.8) is 0 Å². The maximum absolute atomic E-state index is 3.80. The molecule has 0 aliphatic heterocycles. The lowest BCUT2D eigenvalue weighted by atomic mass is 9.61. The van der Waals surface area contributed by atoms with E-state index in [0.717, 1.165) is 0 Å². The number of hydrogen-bond acceptors (Lipinski definition) is 0. The summed E-state index contributed by atoms with van der Waals surface area (Å²) in [5.74, 6) is 0.690. The van der Waals surface area contributed by atoms with Crippen LogP contribution in [0, 0.1) is 11.3 Å². The largest absolute Gasteiger partial charge is 0.103 e. The standard InChI is InChI=1S/C9H14/c1-4-8-6-7-9(8,3)5-2/h4-5,8H,1-2,6-7H2,3H3. The Labute approximate surface area is 57.3 Å². The van der Waals surface area contributed by atoms with Crippen molar-refractivity contribution >= 4 is 0 Å². The predicted molar refractivity (Wildman–Crippen MR) is 41.2 cm³/mol. The third kappa shape index (κ3) is 0.827. The van der Waals surface area contributed by atoms with Gasteiger partial charge in [-0.2, -0.15) is 0 Å². The van der Waals surface area contributed by atoms with Crippen LogP contribution in [0.3, 0.4) is 0 Å². The molecule has 9 heavy (non-hydrogen) atoms. The van der Waals surface area contributed by atoms with Crippen LogP contribution in [0.25, 0.3) is 0 Å². The zero-order valence-corrected chi connectivity index (χ0v) is 6.06. The Morgan fingerprint density at radius 1 is 1.56 bits per heavy atom. The molecule has 1 aliphatic rings. The third-order valence-electron chi connectivity index (χ3n) is 2.59. The van der Waals surface area contributed by atoms with E-state index in [9.17, 15) is 0 Å². The fourth-order valence-corrected chi connectivity index (χ4v) is 1.41. The highest BCUT2D eigenvalue weighted by atomic mass is 14.4. The molecule has 1 saturated carbocycles. The predicted octanol–water partition coefficient (Wildman–Crippen LogP) is 2.77. The van der Waals surface area contributed by atoms with E-state index in [1.165, 1.54) is 12.8 Å². The molecule has 0 aromatic carbocycles. The van der Waals surface area contributed by atoms with E-state index in [-0.39, 0.29) is 0 Å². The summed E-state index contributed by atoms with van der Waals surface area (Å²) in [6.45, 7) is 9.83. The normalized spacial score (nSPS) is 41.2. The first-order valence-corrected chi connectivity index (χ1v) is 3.49. The molecule has 0 bridgehead atoms. The van der Waals surface area contributed by atoms with E-state index >= 15 is 0 Å². The average molecular weight is 122 g/mol. The molecule has 2 unspecified atom stereocenters. The number of hydrogen-bond donors (Lipinski definition) is 0. The van der Waals surface area contributed by atoms with Gasteiger partial charge in [-0.1, -0.05) is 19.1 Å². The van der Waals surface area contributed by atoms with Crippen LogP contribution in [0.2, 0.25) is 0 Å². The van der Waals surface area contributed by atoms with Crippen molar-refractivity contribution in [2.45, 2.75) is 19.8 Å². The zero-order chi connectivity index (χ0) is 6.91. The quantitative estimate of drug-likeness (QED) is 0.494. The first kappa shape index (κ1) is 6.60. The summed E-state index contributed by atoms with van der Waals surface area (Å²) in [5.41, 5.74) is 0.377. The second-order valence-corrected chi connectivity index (χ2v) is 3.09. The minimum Gasteiger partial charge on any atom is -0.103 e. The molecule has 0 heterocycles. The first-order valence-electron chi connectivity index (χ1n) is 3.49. The van der Waals surface area contributed by atoms with Crippen LogP contribution in [0.15, 0.2) is 25.3 Å². The van der Waals surface area contributed by atoms with Crippen LogP contribution in [0.4, 0.5) is 0 Å². The molecular weight excluding hydrogens is 108 g/mol. The van der Waals surface area contributed by atoms with Gasteiger partial charge < -0.3 is 0 Å². The molecule has 0 N–H and O–H groups in total. The maximum Gasteiger partial charge on any atom is -0.00863 e. The van der Waals surface area contributed by atoms with Gasteiger partial charge in [0.05, 0.1) is 0 Å². The Bertz CT molecular complexity index is 135. The van der Waals surface area contributed by atoms with Crippen LogP contribution in [0.1, 0.15) is 19.8 Å². The summed E-state index contributed by atoms with van der Waals surface area (Å²) in [5, 5.41) is 0. The van der Waals surface area contributed by atoms with E-state index < -0.39 is 0 Å². The van der Waals surface area contributed by atoms with E-state index in [4.69, 9.17) is 0 Å². The van der Waals surface area contributed by atoms with E-state index in [0.29, 0.717) is 11.3 Å². The second kappa shape index (κ2) is 2.02. The molecular formula is C9H14. The molecule has 0 amide bonds. The van der Waals surface area contributed by atoms with Crippen molar-refractivity contribution in [3.8, 4) is 0 Å². The maximum atomic E-state index is 3.80. The Balaban J connectivity index is 2.60. The molecule has 1 fully saturated rings. The van der Waals surface area contributed by atoms with E-state index in [1.807, 2.05) is 6.08 Å². The highest BCUT2D eigenvalue weighted by Crippen LogP contribution is 2.47. The molecule has 1 rings (SSSR count). The van der Waals surface area contributed by atoms with Crippen LogP contribution in [-0.4, -0.2) is 0 Å². The van der Waals surface area contributed by atoms with Crippen molar-refractivity contribution in [1.29, 1.82) is 0 Å². The number of rotatable bonds is 2. The lowest BCUT2D eigenvalue weighted by Crippen LogP contribution is -2.33. The second-order valence-electron chi connectivity index (χ2n) is 3.09. The summed E-state index contributed by atoms with van der Waals surface area (Å²) in [6, 6.07) is 0. The van der Waals surface area contributed by atoms with Crippen LogP contribution >= 0.6 is 0 Å². The summed E-state index contributed by atoms with van der Waals surface area (Å²) in [7, 11) is 0. The van der Waals surface area contributed by atoms with Gasteiger partial charge in [0.1, 0.15) is 0 Å². The fraction of sp³-hybridized carbons (Fsp3) is 0.556. The molecule has 0 saturated heterocycles. The monoisotopic (exact) mass is 122 g/mol. The molecule has 0 spiro atoms. The smallest absolute Gasteiger partial charge is 0.00863 e. The number of allylic oxidation sites excluding steroid dienone is 2. The Morgan fingerprint density at radius 3 is 2.33 bits per heavy atom. The van der Waals surface area contributed by atoms with Crippen LogP contribution in [-0.2, 0) is 0 Å². The Kier molecular flexibility index (Phi) is 1.48. The summed E-state index contributed by atoms with van der Waals surface area (Å²) >= 11 is 0. The van der Waals surface area contributed by atoms with Crippen molar-refractivity contribution in [2.24, 2.45) is 11.3 Å². The fourth-order valence-electron chi connectivity index (χ4n) is 1.41. The molecule has 0 aromatic heterocycles. The van der Waals surface area contributed by atoms with Gasteiger partial charge in [-0.25, -0.2) is 0 Å². The van der Waals surface area contributed by atoms with Gasteiger partial charge in [0.2, 0.25) is 0 Å². The molecule has 0 aromatic rings. The van der Waals surface area contributed by atoms with Crippen molar-refractivity contribution in [3.05, 3.63) is 25.3 Å². The SMILES string of the molecule is C=CC1CCC1(C)C=C. The molecule has 50 valence electrons. The zero-order valence-electron chi connectivity index (χ0n) is 6.06. The molecule has 0 heteroatoms. The Morgan fingerprint density at radius 2 is 2.22 bits per heavy atom. The van der Waals surface area contributed by atoms with E-state index in [1.54, 1.807) is 0 Å². The van der Waals surface area contributed by atoms with Gasteiger partial charge in [0, 0.05) is 0 Å². The minimum atomic E-state index is 0.377. The van der Waals surface area contributed by atoms with Crippen molar-refractivity contribution < 1.29 is 0 Å². The molecule has 0 nitrogen and oxygen atoms in total. The minimum absolute atomic E-state index is 0.377. The van der Waals surface area contributed by atoms with Gasteiger partial charge in [0.15, 0.2) is 0 Å². The summed E-state index contributed by atoms with van der Waals surface area (Å²) < 4.78 is 0. The lowest BCUT2D eigenvalue weighted by molar-refractivity contribution is 0.153. The highest BCUT2D eigenvalue weighted by molar-refractivity contribution is 5.08. The molecule has 2 atom stereocenters. The lowest BCUT2D eigenvalue weighted by Gasteiger charge is -2.43. The average Bonchev–Trinajstić information content (AvgIpc) is 1.85. The van der Waals surface area contributed by atoms with Crippen molar-refractivity contribution in [2.75, 3.05) is 0 Å². The molecule has 0 radical (unpaired) electrons. The van der Waals surface area contributed by atoms with Gasteiger partial charge in [-0.15, -0.1) is 13.2 Å². The summed E-state index contributed by atoms with van der Waals surface area (Å²) in [4.78, 5) is 0. The summed E-state index contributed by atoms with van der Waals surface area (Å²) in [6.07, 6.45) is 6.69. The van der Waals surface area contributed by atoms with Crippen LogP contribution in [0.5, 0.6) is 0 Å². The highest BCUT2D eigenvalue weighted by Gasteiger charge is 2.37. The molecule has 1 aliphatic carbocycles.